The highest BCUT2D eigenvalue weighted by molar-refractivity contribution is 6.76. The molecule has 1 aromatic rings. The van der Waals surface area contributed by atoms with E-state index < -0.39 is 8.07 Å². The molecule has 1 N–H and O–H groups in total. The SMILES string of the molecule is CCCc1c(O)c(C)c2c(c1OCC[Si](C)(C)C)C(=O)OC2. The van der Waals surface area contributed by atoms with Gasteiger partial charge >= 0.3 is 5.97 Å². The molecule has 1 heterocycles. The third-order valence-electron chi connectivity index (χ3n) is 4.05. The molecule has 4 nitrogen and oxygen atoms in total. The van der Waals surface area contributed by atoms with Gasteiger partial charge in [0.2, 0.25) is 0 Å². The van der Waals surface area contributed by atoms with Gasteiger partial charge in [-0.3, -0.25) is 0 Å². The van der Waals surface area contributed by atoms with E-state index in [1.165, 1.54) is 0 Å². The van der Waals surface area contributed by atoms with E-state index in [0.29, 0.717) is 24.3 Å². The summed E-state index contributed by atoms with van der Waals surface area (Å²) in [5.74, 6) is 0.459. The summed E-state index contributed by atoms with van der Waals surface area (Å²) in [7, 11) is -1.22. The number of cyclic esters (lactones) is 1. The van der Waals surface area contributed by atoms with Gasteiger partial charge in [-0.1, -0.05) is 33.0 Å². The van der Waals surface area contributed by atoms with Gasteiger partial charge in [0.15, 0.2) is 0 Å². The maximum absolute atomic E-state index is 12.1. The largest absolute Gasteiger partial charge is 0.507 e. The van der Waals surface area contributed by atoms with Gasteiger partial charge in [0, 0.05) is 19.2 Å². The van der Waals surface area contributed by atoms with Gasteiger partial charge in [0.25, 0.3) is 0 Å². The average molecular weight is 322 g/mol. The topological polar surface area (TPSA) is 55.8 Å². The van der Waals surface area contributed by atoms with Crippen LogP contribution < -0.4 is 4.74 Å². The van der Waals surface area contributed by atoms with Crippen LogP contribution in [0.5, 0.6) is 11.5 Å². The second-order valence-electron chi connectivity index (χ2n) is 7.12. The van der Waals surface area contributed by atoms with E-state index in [0.717, 1.165) is 29.2 Å². The van der Waals surface area contributed by atoms with Gasteiger partial charge in [-0.15, -0.1) is 0 Å². The predicted molar refractivity (Wildman–Crippen MR) is 89.6 cm³/mol. The molecule has 0 spiro atoms. The smallest absolute Gasteiger partial charge is 0.342 e. The number of aromatic hydroxyl groups is 1. The van der Waals surface area contributed by atoms with Gasteiger partial charge in [0.05, 0.1) is 6.61 Å². The number of benzene rings is 1. The zero-order valence-corrected chi connectivity index (χ0v) is 15.2. The van der Waals surface area contributed by atoms with E-state index in [2.05, 4.69) is 19.6 Å². The third-order valence-corrected chi connectivity index (χ3v) is 5.75. The maximum atomic E-state index is 12.1. The van der Waals surface area contributed by atoms with Crippen LogP contribution in [0.15, 0.2) is 0 Å². The van der Waals surface area contributed by atoms with Crippen molar-refractivity contribution in [1.29, 1.82) is 0 Å². The number of hydrogen-bond acceptors (Lipinski definition) is 4. The van der Waals surface area contributed by atoms with Crippen molar-refractivity contribution in [3.8, 4) is 11.5 Å². The summed E-state index contributed by atoms with van der Waals surface area (Å²) in [4.78, 5) is 12.1. The van der Waals surface area contributed by atoms with Crippen molar-refractivity contribution in [2.24, 2.45) is 0 Å². The van der Waals surface area contributed by atoms with Crippen LogP contribution in [0, 0.1) is 6.92 Å². The first kappa shape index (κ1) is 16.9. The molecule has 22 heavy (non-hydrogen) atoms. The van der Waals surface area contributed by atoms with Gasteiger partial charge in [-0.05, 0) is 25.0 Å². The van der Waals surface area contributed by atoms with Crippen LogP contribution >= 0.6 is 0 Å². The zero-order valence-electron chi connectivity index (χ0n) is 14.2. The second-order valence-corrected chi connectivity index (χ2v) is 12.7. The Morgan fingerprint density at radius 2 is 2.00 bits per heavy atom. The lowest BCUT2D eigenvalue weighted by molar-refractivity contribution is 0.0532. The lowest BCUT2D eigenvalue weighted by Crippen LogP contribution is -2.23. The molecule has 0 radical (unpaired) electrons. The molecule has 1 aliphatic heterocycles. The van der Waals surface area contributed by atoms with Crippen LogP contribution in [0.4, 0.5) is 0 Å². The van der Waals surface area contributed by atoms with Crippen molar-refractivity contribution in [3.05, 3.63) is 22.3 Å². The Kier molecular flexibility index (Phi) is 4.85. The number of phenols is 1. The molecule has 122 valence electrons. The molecular weight excluding hydrogens is 296 g/mol. The number of esters is 1. The first-order chi connectivity index (χ1) is 10.3. The molecule has 0 amide bonds. The molecule has 0 unspecified atom stereocenters. The Balaban J connectivity index is 2.43. The van der Waals surface area contributed by atoms with Crippen LogP contribution in [-0.4, -0.2) is 25.8 Å². The van der Waals surface area contributed by atoms with E-state index in [1.54, 1.807) is 0 Å². The van der Waals surface area contributed by atoms with Crippen molar-refractivity contribution < 1.29 is 19.4 Å². The Labute approximate surface area is 133 Å². The first-order valence-electron chi connectivity index (χ1n) is 7.93. The van der Waals surface area contributed by atoms with E-state index in [9.17, 15) is 9.90 Å². The molecule has 5 heteroatoms. The minimum absolute atomic E-state index is 0.227. The van der Waals surface area contributed by atoms with Gasteiger partial charge in [-0.25, -0.2) is 4.79 Å². The Hall–Kier alpha value is -1.49. The van der Waals surface area contributed by atoms with Crippen molar-refractivity contribution >= 4 is 14.0 Å². The second kappa shape index (κ2) is 6.32. The molecule has 0 saturated heterocycles. The number of ether oxygens (including phenoxy) is 2. The summed E-state index contributed by atoms with van der Waals surface area (Å²) >= 11 is 0. The summed E-state index contributed by atoms with van der Waals surface area (Å²) in [6.45, 7) is 11.5. The highest BCUT2D eigenvalue weighted by atomic mass is 28.3. The standard InChI is InChI=1S/C17H26O4Si/c1-6-7-12-15(18)11(2)13-10-21-17(19)14(13)16(12)20-8-9-22(3,4)5/h18H,6-10H2,1-5H3. The highest BCUT2D eigenvalue weighted by Crippen LogP contribution is 2.42. The van der Waals surface area contributed by atoms with Crippen LogP contribution in [0.2, 0.25) is 25.7 Å². The minimum atomic E-state index is -1.22. The fourth-order valence-corrected chi connectivity index (χ4v) is 3.37. The molecule has 0 aliphatic carbocycles. The van der Waals surface area contributed by atoms with Gasteiger partial charge in [-0.2, -0.15) is 0 Å². The Morgan fingerprint density at radius 3 is 2.59 bits per heavy atom. The summed E-state index contributed by atoms with van der Waals surface area (Å²) in [5.41, 5.74) is 2.77. The number of carbonyl (C=O) groups is 1. The number of fused-ring (bicyclic) bond motifs is 1. The van der Waals surface area contributed by atoms with E-state index >= 15 is 0 Å². The van der Waals surface area contributed by atoms with Crippen LogP contribution in [0.3, 0.4) is 0 Å². The van der Waals surface area contributed by atoms with E-state index in [1.807, 2.05) is 13.8 Å². The van der Waals surface area contributed by atoms with Crippen molar-refractivity contribution in [2.75, 3.05) is 6.61 Å². The first-order valence-corrected chi connectivity index (χ1v) is 11.6. The van der Waals surface area contributed by atoms with Gasteiger partial charge in [0.1, 0.15) is 23.7 Å². The highest BCUT2D eigenvalue weighted by Gasteiger charge is 2.32. The normalized spacial score (nSPS) is 14.0. The monoisotopic (exact) mass is 322 g/mol. The van der Waals surface area contributed by atoms with E-state index in [-0.39, 0.29) is 18.3 Å². The maximum Gasteiger partial charge on any atom is 0.342 e. The lowest BCUT2D eigenvalue weighted by Gasteiger charge is -2.20. The molecular formula is C17H26O4Si. The summed E-state index contributed by atoms with van der Waals surface area (Å²) in [6.07, 6.45) is 1.57. The molecule has 1 aromatic carbocycles. The van der Waals surface area contributed by atoms with Crippen molar-refractivity contribution in [3.63, 3.8) is 0 Å². The summed E-state index contributed by atoms with van der Waals surface area (Å²) in [6, 6.07) is 1.01. The van der Waals surface area contributed by atoms with Crippen LogP contribution in [0.1, 0.15) is 40.4 Å². The van der Waals surface area contributed by atoms with Crippen molar-refractivity contribution in [2.45, 2.75) is 59.0 Å². The van der Waals surface area contributed by atoms with E-state index in [4.69, 9.17) is 9.47 Å². The fraction of sp³-hybridized carbons (Fsp3) is 0.588. The minimum Gasteiger partial charge on any atom is -0.507 e. The lowest BCUT2D eigenvalue weighted by atomic mass is 9.95. The summed E-state index contributed by atoms with van der Waals surface area (Å²) < 4.78 is 11.1. The average Bonchev–Trinajstić information content (AvgIpc) is 2.80. The molecule has 0 bridgehead atoms. The molecule has 2 rings (SSSR count). The molecule has 1 aliphatic rings. The molecule has 0 saturated carbocycles. The fourth-order valence-electron chi connectivity index (χ4n) is 2.66. The number of rotatable bonds is 6. The van der Waals surface area contributed by atoms with Crippen LogP contribution in [0.25, 0.3) is 0 Å². The van der Waals surface area contributed by atoms with Gasteiger partial charge < -0.3 is 14.6 Å². The predicted octanol–water partition coefficient (Wildman–Crippen LogP) is 4.04. The quantitative estimate of drug-likeness (QED) is 0.634. The number of hydrogen-bond donors (Lipinski definition) is 1. The Morgan fingerprint density at radius 1 is 1.32 bits per heavy atom. The number of phenolic OH excluding ortho intramolecular Hbond substituents is 1. The van der Waals surface area contributed by atoms with Crippen LogP contribution in [-0.2, 0) is 17.8 Å². The zero-order chi connectivity index (χ0) is 16.5. The molecule has 0 aromatic heterocycles. The summed E-state index contributed by atoms with van der Waals surface area (Å²) in [5, 5.41) is 10.5. The third kappa shape index (κ3) is 3.29. The molecule has 0 fully saturated rings. The van der Waals surface area contributed by atoms with Crippen molar-refractivity contribution in [1.82, 2.24) is 0 Å². The Bertz CT molecular complexity index is 588. The number of carbonyl (C=O) groups excluding carboxylic acids is 1. The molecule has 0 atom stereocenters.